The SMILES string of the molecule is CCN1CCN(CC)CCN(C(=O)CCCc2nc3ccccc3o2)CC1. The lowest BCUT2D eigenvalue weighted by Gasteiger charge is -2.25. The number of likely N-dealkylation sites (N-methyl/N-ethyl adjacent to an activating group) is 2. The summed E-state index contributed by atoms with van der Waals surface area (Å²) in [4.78, 5) is 24.2. The molecule has 1 aromatic heterocycles. The standard InChI is InChI=1S/C21H32N4O2/c1-3-23-12-13-24(4-2)15-17-25(16-14-23)21(26)11-7-10-20-22-18-8-5-6-9-19(18)27-20/h5-6,8-9H,3-4,7,10-17H2,1-2H3. The summed E-state index contributed by atoms with van der Waals surface area (Å²) in [6.07, 6.45) is 2.03. The average molecular weight is 373 g/mol. The second-order valence-corrected chi connectivity index (χ2v) is 7.18. The fraction of sp³-hybridized carbons (Fsp3) is 0.619. The Morgan fingerprint density at radius 3 is 2.26 bits per heavy atom. The predicted octanol–water partition coefficient (Wildman–Crippen LogP) is 2.64. The van der Waals surface area contributed by atoms with E-state index in [1.807, 2.05) is 29.2 Å². The minimum Gasteiger partial charge on any atom is -0.441 e. The second-order valence-electron chi connectivity index (χ2n) is 7.18. The summed E-state index contributed by atoms with van der Waals surface area (Å²) in [7, 11) is 0. The number of amides is 1. The van der Waals surface area contributed by atoms with Crippen molar-refractivity contribution in [3.63, 3.8) is 0 Å². The van der Waals surface area contributed by atoms with Gasteiger partial charge in [0.05, 0.1) is 0 Å². The molecule has 0 N–H and O–H groups in total. The van der Waals surface area contributed by atoms with Crippen LogP contribution in [0.15, 0.2) is 28.7 Å². The number of carbonyl (C=O) groups excluding carboxylic acids is 1. The van der Waals surface area contributed by atoms with E-state index >= 15 is 0 Å². The molecular formula is C21H32N4O2. The number of fused-ring (bicyclic) bond motifs is 1. The summed E-state index contributed by atoms with van der Waals surface area (Å²) in [5.41, 5.74) is 1.70. The molecule has 1 aliphatic rings. The number of nitrogens with zero attached hydrogens (tertiary/aromatic N) is 4. The number of para-hydroxylation sites is 2. The Hall–Kier alpha value is -1.92. The maximum atomic E-state index is 12.8. The first-order valence-electron chi connectivity index (χ1n) is 10.3. The van der Waals surface area contributed by atoms with E-state index in [2.05, 4.69) is 28.6 Å². The highest BCUT2D eigenvalue weighted by molar-refractivity contribution is 5.76. The van der Waals surface area contributed by atoms with E-state index in [0.717, 1.165) is 75.8 Å². The van der Waals surface area contributed by atoms with Crippen molar-refractivity contribution in [1.29, 1.82) is 0 Å². The molecule has 1 fully saturated rings. The van der Waals surface area contributed by atoms with Crippen LogP contribution in [0.25, 0.3) is 11.1 Å². The third-order valence-electron chi connectivity index (χ3n) is 5.47. The maximum Gasteiger partial charge on any atom is 0.222 e. The molecule has 0 atom stereocenters. The average Bonchev–Trinajstić information content (AvgIpc) is 3.13. The van der Waals surface area contributed by atoms with Crippen molar-refractivity contribution in [3.05, 3.63) is 30.2 Å². The van der Waals surface area contributed by atoms with Crippen LogP contribution in [-0.2, 0) is 11.2 Å². The predicted molar refractivity (Wildman–Crippen MR) is 108 cm³/mol. The number of benzene rings is 1. The fourth-order valence-corrected chi connectivity index (χ4v) is 3.60. The van der Waals surface area contributed by atoms with Gasteiger partial charge in [0.15, 0.2) is 11.5 Å². The third kappa shape index (κ3) is 5.53. The summed E-state index contributed by atoms with van der Waals surface area (Å²) in [5.74, 6) is 0.975. The van der Waals surface area contributed by atoms with Gasteiger partial charge in [0.1, 0.15) is 5.52 Å². The van der Waals surface area contributed by atoms with Gasteiger partial charge in [-0.3, -0.25) is 4.79 Å². The van der Waals surface area contributed by atoms with Crippen LogP contribution in [0.3, 0.4) is 0 Å². The molecular weight excluding hydrogens is 340 g/mol. The van der Waals surface area contributed by atoms with E-state index in [1.54, 1.807) is 0 Å². The number of aromatic nitrogens is 1. The summed E-state index contributed by atoms with van der Waals surface area (Å²) in [6.45, 7) is 12.2. The van der Waals surface area contributed by atoms with Crippen LogP contribution in [0.1, 0.15) is 32.6 Å². The molecule has 148 valence electrons. The number of rotatable bonds is 6. The van der Waals surface area contributed by atoms with Crippen LogP contribution in [0.2, 0.25) is 0 Å². The minimum atomic E-state index is 0.250. The van der Waals surface area contributed by atoms with Crippen LogP contribution in [0, 0.1) is 0 Å². The van der Waals surface area contributed by atoms with Crippen molar-refractivity contribution < 1.29 is 9.21 Å². The van der Waals surface area contributed by atoms with E-state index in [0.29, 0.717) is 12.8 Å². The Kier molecular flexibility index (Phi) is 7.24. The van der Waals surface area contributed by atoms with E-state index in [4.69, 9.17) is 4.42 Å². The third-order valence-corrected chi connectivity index (χ3v) is 5.47. The van der Waals surface area contributed by atoms with Gasteiger partial charge in [-0.25, -0.2) is 4.98 Å². The summed E-state index contributed by atoms with van der Waals surface area (Å²) >= 11 is 0. The van der Waals surface area contributed by atoms with E-state index in [9.17, 15) is 4.79 Å². The van der Waals surface area contributed by atoms with Gasteiger partial charge < -0.3 is 19.1 Å². The number of oxazole rings is 1. The molecule has 1 amide bonds. The van der Waals surface area contributed by atoms with Gasteiger partial charge in [-0.2, -0.15) is 0 Å². The Bertz CT molecular complexity index is 681. The van der Waals surface area contributed by atoms with Crippen molar-refractivity contribution in [3.8, 4) is 0 Å². The maximum absolute atomic E-state index is 12.8. The van der Waals surface area contributed by atoms with Crippen LogP contribution in [0.5, 0.6) is 0 Å². The minimum absolute atomic E-state index is 0.250. The molecule has 0 unspecified atom stereocenters. The van der Waals surface area contributed by atoms with Crippen LogP contribution < -0.4 is 0 Å². The zero-order valence-electron chi connectivity index (χ0n) is 16.7. The molecule has 1 aromatic carbocycles. The van der Waals surface area contributed by atoms with Gasteiger partial charge >= 0.3 is 0 Å². The lowest BCUT2D eigenvalue weighted by molar-refractivity contribution is -0.131. The first-order chi connectivity index (χ1) is 13.2. The molecule has 2 aromatic rings. The highest BCUT2D eigenvalue weighted by Gasteiger charge is 2.18. The van der Waals surface area contributed by atoms with E-state index < -0.39 is 0 Å². The van der Waals surface area contributed by atoms with Crippen LogP contribution in [0.4, 0.5) is 0 Å². The molecule has 0 spiro atoms. The van der Waals surface area contributed by atoms with Crippen LogP contribution >= 0.6 is 0 Å². The van der Waals surface area contributed by atoms with Crippen LogP contribution in [-0.4, -0.2) is 77.9 Å². The first-order valence-corrected chi connectivity index (χ1v) is 10.3. The molecule has 1 saturated heterocycles. The summed E-state index contributed by atoms with van der Waals surface area (Å²) < 4.78 is 5.76. The molecule has 2 heterocycles. The van der Waals surface area contributed by atoms with Crippen molar-refractivity contribution in [2.45, 2.75) is 33.1 Å². The topological polar surface area (TPSA) is 52.8 Å². The van der Waals surface area contributed by atoms with Gasteiger partial charge in [0.2, 0.25) is 5.91 Å². The number of carbonyl (C=O) groups is 1. The molecule has 0 aliphatic carbocycles. The molecule has 6 nitrogen and oxygen atoms in total. The van der Waals surface area contributed by atoms with Gasteiger partial charge in [0, 0.05) is 52.1 Å². The Balaban J connectivity index is 1.51. The zero-order valence-corrected chi connectivity index (χ0v) is 16.7. The van der Waals surface area contributed by atoms with Gasteiger partial charge in [0.25, 0.3) is 0 Å². The van der Waals surface area contributed by atoms with E-state index in [-0.39, 0.29) is 5.91 Å². The Labute approximate surface area is 162 Å². The lowest BCUT2D eigenvalue weighted by atomic mass is 10.2. The molecule has 0 radical (unpaired) electrons. The van der Waals surface area contributed by atoms with Gasteiger partial charge in [-0.1, -0.05) is 26.0 Å². The normalized spacial score (nSPS) is 17.6. The van der Waals surface area contributed by atoms with Gasteiger partial charge in [-0.15, -0.1) is 0 Å². The smallest absolute Gasteiger partial charge is 0.222 e. The van der Waals surface area contributed by atoms with E-state index in [1.165, 1.54) is 0 Å². The number of hydrogen-bond donors (Lipinski definition) is 0. The number of hydrogen-bond acceptors (Lipinski definition) is 5. The zero-order chi connectivity index (χ0) is 19.1. The first kappa shape index (κ1) is 19.8. The molecule has 0 bridgehead atoms. The molecule has 0 saturated carbocycles. The van der Waals surface area contributed by atoms with Crippen molar-refractivity contribution >= 4 is 17.0 Å². The second kappa shape index (κ2) is 9.85. The molecule has 3 rings (SSSR count). The fourth-order valence-electron chi connectivity index (χ4n) is 3.60. The Morgan fingerprint density at radius 2 is 1.63 bits per heavy atom. The highest BCUT2D eigenvalue weighted by Crippen LogP contribution is 2.16. The van der Waals surface area contributed by atoms with Crippen molar-refractivity contribution in [2.24, 2.45) is 0 Å². The quantitative estimate of drug-likeness (QED) is 0.780. The van der Waals surface area contributed by atoms with Crippen molar-refractivity contribution in [2.75, 3.05) is 52.4 Å². The monoisotopic (exact) mass is 372 g/mol. The molecule has 27 heavy (non-hydrogen) atoms. The summed E-state index contributed by atoms with van der Waals surface area (Å²) in [5, 5.41) is 0. The van der Waals surface area contributed by atoms with Crippen molar-refractivity contribution in [1.82, 2.24) is 19.7 Å². The Morgan fingerprint density at radius 1 is 1.00 bits per heavy atom. The summed E-state index contributed by atoms with van der Waals surface area (Å²) in [6, 6.07) is 7.79. The highest BCUT2D eigenvalue weighted by atomic mass is 16.3. The van der Waals surface area contributed by atoms with Gasteiger partial charge in [-0.05, 0) is 31.6 Å². The largest absolute Gasteiger partial charge is 0.441 e. The number of aryl methyl sites for hydroxylation is 1. The molecule has 1 aliphatic heterocycles. The molecule has 6 heteroatoms. The lowest BCUT2D eigenvalue weighted by Crippen LogP contribution is -2.40.